The summed E-state index contributed by atoms with van der Waals surface area (Å²) in [6, 6.07) is 41.9. The number of carbonyl (C=O) groups is 1. The number of allylic oxidation sites excluding steroid dienone is 6. The molecule has 0 saturated carbocycles. The van der Waals surface area contributed by atoms with Crippen LogP contribution in [0.25, 0.3) is 21.5 Å². The quantitative estimate of drug-likeness (QED) is 0.0466. The molecule has 12 rings (SSSR count). The van der Waals surface area contributed by atoms with Gasteiger partial charge in [-0.25, -0.2) is 0 Å². The van der Waals surface area contributed by atoms with Gasteiger partial charge in [-0.05, 0) is 152 Å². The van der Waals surface area contributed by atoms with Gasteiger partial charge >= 0.3 is 5.97 Å². The van der Waals surface area contributed by atoms with Crippen LogP contribution in [0, 0.1) is 0 Å². The molecule has 0 bridgehead atoms. The molecule has 3 fully saturated rings. The number of rotatable bonds is 21. The molecule has 13 heteroatoms. The first-order valence-electron chi connectivity index (χ1n) is 34.4. The molecule has 3 saturated heterocycles. The maximum atomic E-state index is 11.8. The Bertz CT molecular complexity index is 3840. The van der Waals surface area contributed by atoms with Gasteiger partial charge in [0.15, 0.2) is 24.6 Å². The number of fused-ring (bicyclic) bond motifs is 6. The minimum atomic E-state index is -0.764. The van der Waals surface area contributed by atoms with Crippen LogP contribution in [0.4, 0.5) is 5.69 Å². The van der Waals surface area contributed by atoms with Crippen molar-refractivity contribution in [2.45, 2.75) is 230 Å². The second-order valence-electron chi connectivity index (χ2n) is 27.8. The lowest BCUT2D eigenvalue weighted by Crippen LogP contribution is -2.44. The summed E-state index contributed by atoms with van der Waals surface area (Å²) < 4.78 is 55.9. The SMILES string of the molecule is CCCC1OC(CC2CC(CC)OC(c3cccc(OC4=C(/C=C/C5=[N+](C)c6ccc7ccccc7c6C5(C)C)CCC/C4=C\C=C4\C(NC)c5ccc6ccccc6c5C4(C)C)c3)O2)CC(CC2CC(CC(O)CC(CC)OC(C)=O)OC(c3cccc(O)c3)O2)O1. The third-order valence-electron chi connectivity index (χ3n) is 20.4. The highest BCUT2D eigenvalue weighted by molar-refractivity contribution is 6.07. The van der Waals surface area contributed by atoms with Gasteiger partial charge in [0.05, 0.1) is 54.2 Å². The Kier molecular flexibility index (Phi) is 20.4. The fraction of sp³-hybridized carbons (Fsp3) is 0.475. The molecule has 93 heavy (non-hydrogen) atoms. The molecule has 12 atom stereocenters. The minimum absolute atomic E-state index is 0.0373. The van der Waals surface area contributed by atoms with E-state index in [1.54, 1.807) is 18.2 Å². The van der Waals surface area contributed by atoms with Crippen LogP contribution in [0.2, 0.25) is 0 Å². The summed E-state index contributed by atoms with van der Waals surface area (Å²) in [5.74, 6) is 1.35. The summed E-state index contributed by atoms with van der Waals surface area (Å²) in [5, 5.41) is 30.6. The van der Waals surface area contributed by atoms with Crippen molar-refractivity contribution in [1.82, 2.24) is 5.32 Å². The topological polar surface area (TPSA) is 146 Å². The molecule has 0 aromatic heterocycles. The van der Waals surface area contributed by atoms with E-state index in [-0.39, 0.29) is 65.2 Å². The lowest BCUT2D eigenvalue weighted by molar-refractivity contribution is -0.401. The zero-order chi connectivity index (χ0) is 65.1. The van der Waals surface area contributed by atoms with E-state index in [1.165, 1.54) is 62.1 Å². The number of phenolic OH excluding ortho intramolecular Hbond substituents is 1. The van der Waals surface area contributed by atoms with E-state index < -0.39 is 31.1 Å². The van der Waals surface area contributed by atoms with E-state index >= 15 is 0 Å². The third kappa shape index (κ3) is 14.4. The van der Waals surface area contributed by atoms with Gasteiger partial charge in [-0.2, -0.15) is 4.58 Å². The van der Waals surface area contributed by atoms with E-state index in [0.717, 1.165) is 73.2 Å². The monoisotopic (exact) mass is 1260 g/mol. The van der Waals surface area contributed by atoms with Crippen LogP contribution >= 0.6 is 0 Å². The van der Waals surface area contributed by atoms with Crippen LogP contribution in [-0.2, 0) is 48.8 Å². The highest BCUT2D eigenvalue weighted by atomic mass is 16.7. The van der Waals surface area contributed by atoms with Gasteiger partial charge in [-0.3, -0.25) is 4.79 Å². The number of aliphatic hydroxyl groups excluding tert-OH is 1. The van der Waals surface area contributed by atoms with E-state index in [4.69, 9.17) is 37.9 Å². The van der Waals surface area contributed by atoms with Crippen molar-refractivity contribution in [1.29, 1.82) is 0 Å². The van der Waals surface area contributed by atoms with Crippen molar-refractivity contribution in [2.75, 3.05) is 14.1 Å². The molecule has 13 nitrogen and oxygen atoms in total. The summed E-state index contributed by atoms with van der Waals surface area (Å²) in [7, 11) is 4.27. The molecule has 3 N–H and O–H groups in total. The van der Waals surface area contributed by atoms with Gasteiger partial charge < -0.3 is 53.4 Å². The van der Waals surface area contributed by atoms with Gasteiger partial charge in [0.2, 0.25) is 5.69 Å². The molecule has 6 aromatic carbocycles. The molecule has 12 unspecified atom stereocenters. The van der Waals surface area contributed by atoms with Crippen LogP contribution in [0.3, 0.4) is 0 Å². The van der Waals surface area contributed by atoms with Gasteiger partial charge in [0, 0.05) is 79.7 Å². The lowest BCUT2D eigenvalue weighted by atomic mass is 9.78. The first kappa shape index (κ1) is 66.2. The Morgan fingerprint density at radius 1 is 0.699 bits per heavy atom. The number of aliphatic hydroxyl groups is 1. The number of hydrogen-bond acceptors (Lipinski definition) is 12. The number of aromatic hydroxyl groups is 1. The molecule has 4 heterocycles. The largest absolute Gasteiger partial charge is 0.508 e. The number of esters is 1. The standard InChI is InChI=1S/C80H96N2O11/c1-11-21-72-87-62(46-63(88-72)48-65-45-61(43-57(85)42-58(12-2)86-49(4)83)91-77(93-65)54-26-19-28-56(84)40-54)47-64-44-59(13-3)90-78(92-64)55-27-20-29-60(41-55)89-76-52(33-37-69-75(81-9)68-36-32-50-22-14-16-30-66(50)73(68)79(69,5)6)24-18-25-53(76)35-39-71-80(7,8)74-67-31-17-15-23-51(67)34-38-70(74)82(71)10/h14-17,19-20,22-23,26-41,57-59,61-65,72,75,77-78,81,85H,11-13,18,21,24-25,42-48H2,1-10H3/p+1/b39-35+,52-33+,69-37-. The Balaban J connectivity index is 0.804. The Morgan fingerprint density at radius 2 is 1.32 bits per heavy atom. The average Bonchev–Trinajstić information content (AvgIpc) is 1.59. The van der Waals surface area contributed by atoms with Gasteiger partial charge in [0.25, 0.3) is 0 Å². The second-order valence-corrected chi connectivity index (χ2v) is 27.8. The third-order valence-corrected chi connectivity index (χ3v) is 20.4. The Morgan fingerprint density at radius 3 is 1.99 bits per heavy atom. The summed E-state index contributed by atoms with van der Waals surface area (Å²) >= 11 is 0. The zero-order valence-corrected chi connectivity index (χ0v) is 56.2. The fourth-order valence-corrected chi connectivity index (χ4v) is 15.9. The maximum Gasteiger partial charge on any atom is 0.302 e. The molecule has 6 aliphatic rings. The Labute approximate surface area is 550 Å². The summed E-state index contributed by atoms with van der Waals surface area (Å²) in [5.41, 5.74) is 11.3. The number of nitrogens with zero attached hydrogens (tertiary/aromatic N) is 1. The number of hydrogen-bond donors (Lipinski definition) is 3. The van der Waals surface area contributed by atoms with Crippen molar-refractivity contribution in [3.8, 4) is 11.5 Å². The van der Waals surface area contributed by atoms with Crippen molar-refractivity contribution >= 4 is 38.9 Å². The summed E-state index contributed by atoms with van der Waals surface area (Å²) in [4.78, 5) is 11.8. The maximum absolute atomic E-state index is 11.8. The van der Waals surface area contributed by atoms with Gasteiger partial charge in [0.1, 0.15) is 30.4 Å². The number of benzene rings is 6. The number of ether oxygens (including phenoxy) is 8. The highest BCUT2D eigenvalue weighted by Gasteiger charge is 2.46. The molecule has 4 aliphatic heterocycles. The molecule has 0 spiro atoms. The Hall–Kier alpha value is -6.78. The normalized spacial score (nSPS) is 27.7. The number of likely N-dealkylation sites (N-methyl/N-ethyl adjacent to an activating group) is 1. The van der Waals surface area contributed by atoms with Gasteiger partial charge in [-0.1, -0.05) is 138 Å². The first-order chi connectivity index (χ1) is 44.9. The van der Waals surface area contributed by atoms with E-state index in [0.29, 0.717) is 50.5 Å². The molecular formula is C80H97N2O11+. The molecule has 0 radical (unpaired) electrons. The van der Waals surface area contributed by atoms with Crippen LogP contribution in [0.15, 0.2) is 168 Å². The predicted octanol–water partition coefficient (Wildman–Crippen LogP) is 16.9. The van der Waals surface area contributed by atoms with E-state index in [1.807, 2.05) is 13.0 Å². The van der Waals surface area contributed by atoms with Crippen LogP contribution in [0.5, 0.6) is 11.5 Å². The average molecular weight is 1260 g/mol. The highest BCUT2D eigenvalue weighted by Crippen LogP contribution is 2.52. The predicted molar refractivity (Wildman–Crippen MR) is 366 cm³/mol. The molecular weight excluding hydrogens is 1160 g/mol. The number of carbonyl (C=O) groups excluding carboxylic acids is 1. The fourth-order valence-electron chi connectivity index (χ4n) is 15.9. The van der Waals surface area contributed by atoms with E-state index in [2.05, 4.69) is 187 Å². The van der Waals surface area contributed by atoms with Gasteiger partial charge in [-0.15, -0.1) is 0 Å². The van der Waals surface area contributed by atoms with E-state index in [9.17, 15) is 15.0 Å². The second kappa shape index (κ2) is 28.7. The lowest BCUT2D eigenvalue weighted by Gasteiger charge is -2.42. The van der Waals surface area contributed by atoms with Crippen LogP contribution in [0.1, 0.15) is 192 Å². The molecule has 492 valence electrons. The number of nitrogens with one attached hydrogen (secondary N) is 1. The van der Waals surface area contributed by atoms with Crippen LogP contribution < -0.4 is 10.1 Å². The van der Waals surface area contributed by atoms with Crippen molar-refractivity contribution < 1.29 is 57.5 Å². The van der Waals surface area contributed by atoms with Crippen molar-refractivity contribution in [3.05, 3.63) is 196 Å². The molecule has 0 amide bonds. The molecule has 2 aliphatic carbocycles. The molecule has 6 aromatic rings. The minimum Gasteiger partial charge on any atom is -0.508 e. The summed E-state index contributed by atoms with van der Waals surface area (Å²) in [6.07, 6.45) is 14.8. The van der Waals surface area contributed by atoms with Crippen LogP contribution in [-0.4, -0.2) is 95.7 Å². The first-order valence-corrected chi connectivity index (χ1v) is 34.4. The smallest absolute Gasteiger partial charge is 0.302 e. The van der Waals surface area contributed by atoms with Crippen molar-refractivity contribution in [3.63, 3.8) is 0 Å². The number of phenols is 1. The zero-order valence-electron chi connectivity index (χ0n) is 56.2. The van der Waals surface area contributed by atoms with Crippen molar-refractivity contribution in [2.24, 2.45) is 0 Å². The summed E-state index contributed by atoms with van der Waals surface area (Å²) in [6.45, 7) is 17.1.